The van der Waals surface area contributed by atoms with Gasteiger partial charge in [-0.05, 0) is 48.0 Å². The molecule has 1 aromatic rings. The van der Waals surface area contributed by atoms with Crippen molar-refractivity contribution in [3.05, 3.63) is 65.3 Å². The summed E-state index contributed by atoms with van der Waals surface area (Å²) in [5.74, 6) is 0. The van der Waals surface area contributed by atoms with Crippen molar-refractivity contribution in [2.45, 2.75) is 25.7 Å². The maximum Gasteiger partial charge on any atom is 0.0506 e. The van der Waals surface area contributed by atoms with Gasteiger partial charge in [-0.25, -0.2) is 0 Å². The van der Waals surface area contributed by atoms with Crippen molar-refractivity contribution in [1.29, 1.82) is 0 Å². The summed E-state index contributed by atoms with van der Waals surface area (Å²) in [6.07, 6.45) is 13.3. The Morgan fingerprint density at radius 2 is 1.89 bits per heavy atom. The smallest absolute Gasteiger partial charge is 0.0506 e. The number of ether oxygens (including phenoxy) is 1. The fraction of sp³-hybridized carbons (Fsp3) is 0.333. The molecule has 0 unspecified atom stereocenters. The van der Waals surface area contributed by atoms with Gasteiger partial charge in [0.05, 0.1) is 13.2 Å². The fourth-order valence-corrected chi connectivity index (χ4v) is 2.76. The molecule has 0 saturated heterocycles. The first-order valence-electron chi connectivity index (χ1n) is 7.14. The van der Waals surface area contributed by atoms with Crippen LogP contribution in [-0.4, -0.2) is 13.2 Å². The Hall–Kier alpha value is -1.60. The maximum atomic E-state index is 5.76. The normalized spacial score (nSPS) is 16.4. The monoisotopic (exact) mass is 252 g/mol. The Morgan fingerprint density at radius 3 is 2.79 bits per heavy atom. The van der Waals surface area contributed by atoms with Gasteiger partial charge >= 0.3 is 0 Å². The maximum absolute atomic E-state index is 5.76. The number of hydrogen-bond acceptors (Lipinski definition) is 1. The molecule has 0 heterocycles. The molecule has 0 atom stereocenters. The number of hydrogen-bond donors (Lipinski definition) is 0. The molecule has 0 aliphatic heterocycles. The summed E-state index contributed by atoms with van der Waals surface area (Å²) in [7, 11) is 0. The lowest BCUT2D eigenvalue weighted by atomic mass is 10.0. The third-order valence-corrected chi connectivity index (χ3v) is 3.83. The average molecular weight is 252 g/mol. The summed E-state index contributed by atoms with van der Waals surface area (Å²) in [5.41, 5.74) is 5.76. The van der Waals surface area contributed by atoms with E-state index in [1.165, 1.54) is 22.3 Å². The van der Waals surface area contributed by atoms with Crippen LogP contribution in [-0.2, 0) is 11.2 Å². The molecular formula is C18H20O. The molecule has 98 valence electrons. The molecule has 0 aromatic heterocycles. The highest BCUT2D eigenvalue weighted by Gasteiger charge is 2.12. The van der Waals surface area contributed by atoms with Crippen LogP contribution in [0.15, 0.2) is 54.1 Å². The standard InChI is InChI=1S/C18H20O/c1-2-6-15(5-1)11-13-19-14-12-17-10-9-16-7-3-4-8-18(16)17/h1,3-8,10H,2,9,11-14H2. The van der Waals surface area contributed by atoms with Crippen molar-refractivity contribution >= 4 is 5.57 Å². The average Bonchev–Trinajstić information content (AvgIpc) is 3.08. The van der Waals surface area contributed by atoms with E-state index in [1.54, 1.807) is 0 Å². The number of allylic oxidation sites excluding steroid dienone is 4. The third-order valence-electron chi connectivity index (χ3n) is 3.83. The van der Waals surface area contributed by atoms with Crippen LogP contribution in [0.5, 0.6) is 0 Å². The molecule has 2 aliphatic rings. The summed E-state index contributed by atoms with van der Waals surface area (Å²) in [6.45, 7) is 1.67. The van der Waals surface area contributed by atoms with E-state index in [2.05, 4.69) is 48.6 Å². The minimum Gasteiger partial charge on any atom is -0.381 e. The molecule has 2 aliphatic carbocycles. The van der Waals surface area contributed by atoms with Gasteiger partial charge < -0.3 is 4.74 Å². The van der Waals surface area contributed by atoms with Gasteiger partial charge in [0.15, 0.2) is 0 Å². The first-order chi connectivity index (χ1) is 9.43. The lowest BCUT2D eigenvalue weighted by Gasteiger charge is -2.07. The number of fused-ring (bicyclic) bond motifs is 1. The molecule has 19 heavy (non-hydrogen) atoms. The molecule has 0 bridgehead atoms. The Balaban J connectivity index is 1.40. The Kier molecular flexibility index (Phi) is 3.95. The van der Waals surface area contributed by atoms with Crippen LogP contribution in [0.25, 0.3) is 5.57 Å². The van der Waals surface area contributed by atoms with Crippen LogP contribution in [0.1, 0.15) is 30.4 Å². The van der Waals surface area contributed by atoms with Crippen LogP contribution in [0, 0.1) is 0 Å². The molecule has 0 saturated carbocycles. The molecular weight excluding hydrogens is 232 g/mol. The molecule has 0 spiro atoms. The SMILES string of the molecule is C1=CC(CCOCCC2=CCc3ccccc32)=CC1. The first-order valence-corrected chi connectivity index (χ1v) is 7.14. The Bertz CT molecular complexity index is 534. The minimum absolute atomic E-state index is 0.831. The summed E-state index contributed by atoms with van der Waals surface area (Å²) >= 11 is 0. The van der Waals surface area contributed by atoms with E-state index in [0.29, 0.717) is 0 Å². The lowest BCUT2D eigenvalue weighted by Crippen LogP contribution is -1.98. The van der Waals surface area contributed by atoms with Crippen LogP contribution in [0.4, 0.5) is 0 Å². The van der Waals surface area contributed by atoms with Gasteiger partial charge in [-0.2, -0.15) is 0 Å². The molecule has 1 aromatic carbocycles. The molecule has 0 N–H and O–H groups in total. The second-order valence-electron chi connectivity index (χ2n) is 5.12. The Labute approximate surface area is 115 Å². The quantitative estimate of drug-likeness (QED) is 0.685. The van der Waals surface area contributed by atoms with Gasteiger partial charge in [0.2, 0.25) is 0 Å². The molecule has 1 heteroatoms. The van der Waals surface area contributed by atoms with Crippen LogP contribution in [0.2, 0.25) is 0 Å². The highest BCUT2D eigenvalue weighted by molar-refractivity contribution is 5.72. The van der Waals surface area contributed by atoms with Crippen molar-refractivity contribution < 1.29 is 4.74 Å². The van der Waals surface area contributed by atoms with Crippen molar-refractivity contribution in [2.75, 3.05) is 13.2 Å². The Morgan fingerprint density at radius 1 is 1.00 bits per heavy atom. The highest BCUT2D eigenvalue weighted by Crippen LogP contribution is 2.29. The van der Waals surface area contributed by atoms with E-state index in [-0.39, 0.29) is 0 Å². The summed E-state index contributed by atoms with van der Waals surface area (Å²) < 4.78 is 5.76. The second-order valence-corrected chi connectivity index (χ2v) is 5.12. The van der Waals surface area contributed by atoms with Gasteiger partial charge in [-0.1, -0.05) is 48.6 Å². The topological polar surface area (TPSA) is 9.23 Å². The fourth-order valence-electron chi connectivity index (χ4n) is 2.76. The van der Waals surface area contributed by atoms with Crippen LogP contribution < -0.4 is 0 Å². The van der Waals surface area contributed by atoms with Gasteiger partial charge in [0.25, 0.3) is 0 Å². The molecule has 0 radical (unpaired) electrons. The van der Waals surface area contributed by atoms with Gasteiger partial charge in [-0.15, -0.1) is 0 Å². The summed E-state index contributed by atoms with van der Waals surface area (Å²) in [4.78, 5) is 0. The van der Waals surface area contributed by atoms with E-state index in [4.69, 9.17) is 4.74 Å². The third kappa shape index (κ3) is 3.05. The van der Waals surface area contributed by atoms with Crippen molar-refractivity contribution in [2.24, 2.45) is 0 Å². The van der Waals surface area contributed by atoms with E-state index in [0.717, 1.165) is 38.9 Å². The molecule has 0 amide bonds. The summed E-state index contributed by atoms with van der Waals surface area (Å²) in [6, 6.07) is 8.69. The zero-order valence-corrected chi connectivity index (χ0v) is 11.3. The van der Waals surface area contributed by atoms with Gasteiger partial charge in [-0.3, -0.25) is 0 Å². The zero-order chi connectivity index (χ0) is 12.9. The molecule has 0 fully saturated rings. The second kappa shape index (κ2) is 6.03. The van der Waals surface area contributed by atoms with E-state index >= 15 is 0 Å². The molecule has 3 rings (SSSR count). The van der Waals surface area contributed by atoms with E-state index in [1.807, 2.05) is 0 Å². The predicted molar refractivity (Wildman–Crippen MR) is 80.0 cm³/mol. The van der Waals surface area contributed by atoms with Crippen LogP contribution in [0.3, 0.4) is 0 Å². The van der Waals surface area contributed by atoms with Crippen molar-refractivity contribution in [3.8, 4) is 0 Å². The zero-order valence-electron chi connectivity index (χ0n) is 11.3. The largest absolute Gasteiger partial charge is 0.381 e. The molecule has 1 nitrogen and oxygen atoms in total. The number of benzene rings is 1. The predicted octanol–water partition coefficient (Wildman–Crippen LogP) is 4.31. The van der Waals surface area contributed by atoms with Gasteiger partial charge in [0.1, 0.15) is 0 Å². The van der Waals surface area contributed by atoms with E-state index in [9.17, 15) is 0 Å². The van der Waals surface area contributed by atoms with Crippen molar-refractivity contribution in [3.63, 3.8) is 0 Å². The first kappa shape index (κ1) is 12.4. The van der Waals surface area contributed by atoms with Gasteiger partial charge in [0, 0.05) is 0 Å². The number of rotatable bonds is 6. The van der Waals surface area contributed by atoms with E-state index < -0.39 is 0 Å². The summed E-state index contributed by atoms with van der Waals surface area (Å²) in [5, 5.41) is 0. The highest BCUT2D eigenvalue weighted by atomic mass is 16.5. The van der Waals surface area contributed by atoms with Crippen LogP contribution >= 0.6 is 0 Å². The minimum atomic E-state index is 0.831. The lowest BCUT2D eigenvalue weighted by molar-refractivity contribution is 0.143. The van der Waals surface area contributed by atoms with Crippen molar-refractivity contribution in [1.82, 2.24) is 0 Å².